The molecule has 1 aromatic rings. The lowest BCUT2D eigenvalue weighted by molar-refractivity contribution is -0.385. The number of allylic oxidation sites excluding steroid dienone is 1. The Hall–Kier alpha value is -2.04. The number of ketones is 1. The molecule has 0 heterocycles. The summed E-state index contributed by atoms with van der Waals surface area (Å²) in [7, 11) is 0. The number of carbonyl (C=O) groups excluding carboxylic acids is 1. The average molecular weight is 209 g/mol. The van der Waals surface area contributed by atoms with E-state index in [0.717, 1.165) is 18.2 Å². The molecule has 4 nitrogen and oxygen atoms in total. The molecule has 0 radical (unpaired) electrons. The zero-order valence-electron chi connectivity index (χ0n) is 7.77. The highest BCUT2D eigenvalue weighted by molar-refractivity contribution is 5.91. The van der Waals surface area contributed by atoms with Gasteiger partial charge in [0.05, 0.1) is 10.5 Å². The molecule has 0 aliphatic heterocycles. The van der Waals surface area contributed by atoms with Gasteiger partial charge < -0.3 is 0 Å². The Morgan fingerprint density at radius 1 is 1.60 bits per heavy atom. The molecule has 0 atom stereocenters. The molecule has 0 amide bonds. The number of hydrogen-bond acceptors (Lipinski definition) is 3. The quantitative estimate of drug-likeness (QED) is 0.433. The fourth-order valence-electron chi connectivity index (χ4n) is 1.14. The first-order valence-corrected chi connectivity index (χ1v) is 4.13. The molecule has 1 aromatic carbocycles. The van der Waals surface area contributed by atoms with Crippen LogP contribution in [0.15, 0.2) is 30.9 Å². The molecular formula is C10H8FNO3. The summed E-state index contributed by atoms with van der Waals surface area (Å²) in [5.41, 5.74) is -0.586. The van der Waals surface area contributed by atoms with Crippen molar-refractivity contribution in [3.63, 3.8) is 0 Å². The van der Waals surface area contributed by atoms with Crippen molar-refractivity contribution in [3.8, 4) is 0 Å². The molecule has 78 valence electrons. The van der Waals surface area contributed by atoms with Crippen molar-refractivity contribution in [2.45, 2.75) is 6.42 Å². The standard InChI is InChI=1S/C10H8FNO3/c1-2-7(13)6-8-9(11)4-3-5-10(8)12(14)15/h2-5H,1,6H2. The number of halogens is 1. The Balaban J connectivity index is 3.18. The number of nitro benzene ring substituents is 1. The van der Waals surface area contributed by atoms with Crippen LogP contribution in [0.4, 0.5) is 10.1 Å². The number of rotatable bonds is 4. The predicted molar refractivity (Wildman–Crippen MR) is 52.0 cm³/mol. The zero-order valence-corrected chi connectivity index (χ0v) is 7.77. The molecule has 0 aliphatic rings. The minimum absolute atomic E-state index is 0.201. The van der Waals surface area contributed by atoms with Crippen LogP contribution < -0.4 is 0 Å². The van der Waals surface area contributed by atoms with Crippen molar-refractivity contribution >= 4 is 11.5 Å². The van der Waals surface area contributed by atoms with Gasteiger partial charge in [-0.1, -0.05) is 12.6 Å². The lowest BCUT2D eigenvalue weighted by atomic mass is 10.1. The lowest BCUT2D eigenvalue weighted by Gasteiger charge is -2.01. The molecule has 0 aromatic heterocycles. The molecule has 15 heavy (non-hydrogen) atoms. The van der Waals surface area contributed by atoms with Gasteiger partial charge in [0.15, 0.2) is 5.78 Å². The Bertz CT molecular complexity index is 429. The molecule has 0 unspecified atom stereocenters. The van der Waals surface area contributed by atoms with Crippen LogP contribution in [0.2, 0.25) is 0 Å². The maximum atomic E-state index is 13.2. The van der Waals surface area contributed by atoms with Crippen LogP contribution in [-0.2, 0) is 11.2 Å². The fourth-order valence-corrected chi connectivity index (χ4v) is 1.14. The number of nitro groups is 1. The van der Waals surface area contributed by atoms with Crippen LogP contribution in [0.1, 0.15) is 5.56 Å². The van der Waals surface area contributed by atoms with E-state index in [1.54, 1.807) is 0 Å². The van der Waals surface area contributed by atoms with E-state index in [4.69, 9.17) is 0 Å². The van der Waals surface area contributed by atoms with Gasteiger partial charge >= 0.3 is 0 Å². The second kappa shape index (κ2) is 4.45. The fraction of sp³-hybridized carbons (Fsp3) is 0.100. The maximum absolute atomic E-state index is 13.2. The summed E-state index contributed by atoms with van der Waals surface area (Å²) in [5.74, 6) is -1.21. The third-order valence-electron chi connectivity index (χ3n) is 1.87. The summed E-state index contributed by atoms with van der Waals surface area (Å²) >= 11 is 0. The Morgan fingerprint density at radius 2 is 2.27 bits per heavy atom. The third-order valence-corrected chi connectivity index (χ3v) is 1.87. The number of carbonyl (C=O) groups is 1. The zero-order chi connectivity index (χ0) is 11.4. The summed E-state index contributed by atoms with van der Waals surface area (Å²) in [4.78, 5) is 20.8. The summed E-state index contributed by atoms with van der Waals surface area (Å²) in [5, 5.41) is 10.5. The van der Waals surface area contributed by atoms with Crippen LogP contribution >= 0.6 is 0 Å². The van der Waals surface area contributed by atoms with E-state index < -0.39 is 16.5 Å². The van der Waals surface area contributed by atoms with Crippen LogP contribution in [0.3, 0.4) is 0 Å². The number of benzene rings is 1. The highest BCUT2D eigenvalue weighted by Crippen LogP contribution is 2.21. The van der Waals surface area contributed by atoms with Gasteiger partial charge in [-0.3, -0.25) is 14.9 Å². The Kier molecular flexibility index (Phi) is 3.28. The van der Waals surface area contributed by atoms with Crippen molar-refractivity contribution in [1.29, 1.82) is 0 Å². The van der Waals surface area contributed by atoms with Gasteiger partial charge in [0.25, 0.3) is 5.69 Å². The van der Waals surface area contributed by atoms with Crippen molar-refractivity contribution in [2.24, 2.45) is 0 Å². The first-order chi connectivity index (χ1) is 7.06. The van der Waals surface area contributed by atoms with E-state index in [2.05, 4.69) is 6.58 Å². The topological polar surface area (TPSA) is 60.2 Å². The van der Waals surface area contributed by atoms with Crippen LogP contribution in [0, 0.1) is 15.9 Å². The largest absolute Gasteiger partial charge is 0.295 e. The van der Waals surface area contributed by atoms with E-state index in [0.29, 0.717) is 0 Å². The Labute approximate surface area is 85.2 Å². The molecule has 0 fully saturated rings. The van der Waals surface area contributed by atoms with Gasteiger partial charge in [-0.25, -0.2) is 4.39 Å². The van der Waals surface area contributed by atoms with Gasteiger partial charge in [-0.15, -0.1) is 0 Å². The summed E-state index contributed by atoms with van der Waals surface area (Å²) in [6, 6.07) is 3.48. The third kappa shape index (κ3) is 2.46. The maximum Gasteiger partial charge on any atom is 0.275 e. The minimum Gasteiger partial charge on any atom is -0.295 e. The molecular weight excluding hydrogens is 201 g/mol. The average Bonchev–Trinajstić information content (AvgIpc) is 2.20. The monoisotopic (exact) mass is 209 g/mol. The van der Waals surface area contributed by atoms with E-state index in [1.807, 2.05) is 0 Å². The normalized spacial score (nSPS) is 9.67. The SMILES string of the molecule is C=CC(=O)Cc1c(F)cccc1[N+](=O)[O-]. The number of nitrogens with zero attached hydrogens (tertiary/aromatic N) is 1. The minimum atomic E-state index is -0.751. The van der Waals surface area contributed by atoms with Crippen molar-refractivity contribution in [1.82, 2.24) is 0 Å². The second-order valence-electron chi connectivity index (χ2n) is 2.84. The smallest absolute Gasteiger partial charge is 0.275 e. The predicted octanol–water partition coefficient (Wildman–Crippen LogP) is 2.03. The van der Waals surface area contributed by atoms with Gasteiger partial charge in [0.1, 0.15) is 5.82 Å². The number of hydrogen-bond donors (Lipinski definition) is 0. The molecule has 0 saturated carbocycles. The van der Waals surface area contributed by atoms with E-state index >= 15 is 0 Å². The van der Waals surface area contributed by atoms with Gasteiger partial charge in [0, 0.05) is 12.5 Å². The van der Waals surface area contributed by atoms with E-state index in [9.17, 15) is 19.3 Å². The van der Waals surface area contributed by atoms with Crippen molar-refractivity contribution in [3.05, 3.63) is 52.3 Å². The van der Waals surface area contributed by atoms with Crippen LogP contribution in [0.5, 0.6) is 0 Å². The van der Waals surface area contributed by atoms with E-state index in [-0.39, 0.29) is 17.7 Å². The van der Waals surface area contributed by atoms with Crippen molar-refractivity contribution in [2.75, 3.05) is 0 Å². The second-order valence-corrected chi connectivity index (χ2v) is 2.84. The lowest BCUT2D eigenvalue weighted by Crippen LogP contribution is -2.04. The van der Waals surface area contributed by atoms with Gasteiger partial charge in [-0.05, 0) is 12.1 Å². The highest BCUT2D eigenvalue weighted by atomic mass is 19.1. The molecule has 0 aliphatic carbocycles. The van der Waals surface area contributed by atoms with Crippen molar-refractivity contribution < 1.29 is 14.1 Å². The first kappa shape index (κ1) is 11.0. The summed E-state index contributed by atoms with van der Waals surface area (Å²) in [6.45, 7) is 3.22. The summed E-state index contributed by atoms with van der Waals surface area (Å²) < 4.78 is 13.2. The molecule has 0 saturated heterocycles. The van der Waals surface area contributed by atoms with E-state index in [1.165, 1.54) is 6.07 Å². The summed E-state index contributed by atoms with van der Waals surface area (Å²) in [6.07, 6.45) is 0.669. The van der Waals surface area contributed by atoms with Gasteiger partial charge in [-0.2, -0.15) is 0 Å². The van der Waals surface area contributed by atoms with Gasteiger partial charge in [0.2, 0.25) is 0 Å². The highest BCUT2D eigenvalue weighted by Gasteiger charge is 2.18. The molecule has 0 N–H and O–H groups in total. The van der Waals surface area contributed by atoms with Crippen LogP contribution in [-0.4, -0.2) is 10.7 Å². The molecule has 1 rings (SSSR count). The first-order valence-electron chi connectivity index (χ1n) is 4.13. The Morgan fingerprint density at radius 3 is 2.80 bits per heavy atom. The van der Waals surface area contributed by atoms with Crippen LogP contribution in [0.25, 0.3) is 0 Å². The molecule has 0 bridgehead atoms. The molecule has 0 spiro atoms. The molecule has 5 heteroatoms.